The average Bonchev–Trinajstić information content (AvgIpc) is 2.40. The van der Waals surface area contributed by atoms with Gasteiger partial charge in [0.15, 0.2) is 0 Å². The summed E-state index contributed by atoms with van der Waals surface area (Å²) >= 11 is 5.98. The Balaban J connectivity index is 1.99. The Hall–Kier alpha value is -1.30. The van der Waals surface area contributed by atoms with Crippen LogP contribution < -0.4 is 11.1 Å². The van der Waals surface area contributed by atoms with Gasteiger partial charge in [-0.1, -0.05) is 17.7 Å². The average molecular weight is 285 g/mol. The van der Waals surface area contributed by atoms with E-state index in [-0.39, 0.29) is 17.5 Å². The van der Waals surface area contributed by atoms with E-state index in [1.807, 2.05) is 0 Å². The predicted octanol–water partition coefficient (Wildman–Crippen LogP) is 1.19. The van der Waals surface area contributed by atoms with E-state index in [4.69, 9.17) is 22.1 Å². The molecule has 0 aliphatic carbocycles. The molecule has 104 valence electrons. The molecule has 1 aliphatic rings. The van der Waals surface area contributed by atoms with Crippen LogP contribution in [0.15, 0.2) is 18.2 Å². The van der Waals surface area contributed by atoms with Crippen LogP contribution in [-0.4, -0.2) is 36.4 Å². The highest BCUT2D eigenvalue weighted by atomic mass is 35.5. The fourth-order valence-corrected chi connectivity index (χ4v) is 2.21. The third-order valence-electron chi connectivity index (χ3n) is 3.27. The van der Waals surface area contributed by atoms with Crippen LogP contribution in [0, 0.1) is 0 Å². The Kier molecular flexibility index (Phi) is 4.29. The van der Waals surface area contributed by atoms with Crippen molar-refractivity contribution in [3.63, 3.8) is 0 Å². The van der Waals surface area contributed by atoms with E-state index in [1.165, 1.54) is 0 Å². The van der Waals surface area contributed by atoms with Crippen molar-refractivity contribution in [2.24, 2.45) is 0 Å². The number of nitrogen functional groups attached to an aromatic ring is 1. The number of hydrogen-bond donors (Lipinski definition) is 3. The number of anilines is 1. The molecule has 1 aliphatic heterocycles. The van der Waals surface area contributed by atoms with Gasteiger partial charge in [0.1, 0.15) is 0 Å². The highest BCUT2D eigenvalue weighted by Crippen LogP contribution is 2.23. The van der Waals surface area contributed by atoms with Gasteiger partial charge < -0.3 is 20.9 Å². The largest absolute Gasteiger partial charge is 0.398 e. The highest BCUT2D eigenvalue weighted by Gasteiger charge is 2.30. The minimum absolute atomic E-state index is 0.181. The number of carbonyl (C=O) groups excluding carboxylic acids is 1. The van der Waals surface area contributed by atoms with Gasteiger partial charge >= 0.3 is 0 Å². The van der Waals surface area contributed by atoms with E-state index in [0.29, 0.717) is 37.3 Å². The standard InChI is InChI=1S/C13H17ClN2O3/c14-11-9(2-1-3-10(11)15)12(17)16-8-13(18)4-6-19-7-5-13/h1-3,18H,4-8,15H2,(H,16,17). The summed E-state index contributed by atoms with van der Waals surface area (Å²) in [7, 11) is 0. The van der Waals surface area contributed by atoms with Gasteiger partial charge in [0.05, 0.1) is 21.9 Å². The monoisotopic (exact) mass is 284 g/mol. The van der Waals surface area contributed by atoms with Crippen LogP contribution in [-0.2, 0) is 4.74 Å². The molecular formula is C13H17ClN2O3. The van der Waals surface area contributed by atoms with Crippen LogP contribution in [0.5, 0.6) is 0 Å². The number of hydrogen-bond acceptors (Lipinski definition) is 4. The third kappa shape index (κ3) is 3.37. The zero-order chi connectivity index (χ0) is 13.9. The Labute approximate surface area is 116 Å². The van der Waals surface area contributed by atoms with Crippen LogP contribution in [0.1, 0.15) is 23.2 Å². The Morgan fingerprint density at radius 1 is 1.47 bits per heavy atom. The molecular weight excluding hydrogens is 268 g/mol. The molecule has 0 saturated carbocycles. The lowest BCUT2D eigenvalue weighted by Crippen LogP contribution is -2.46. The van der Waals surface area contributed by atoms with Gasteiger partial charge in [0, 0.05) is 32.6 Å². The molecule has 0 spiro atoms. The number of carbonyl (C=O) groups is 1. The maximum absolute atomic E-state index is 12.0. The number of ether oxygens (including phenoxy) is 1. The summed E-state index contributed by atoms with van der Waals surface area (Å²) in [6.45, 7) is 1.19. The van der Waals surface area contributed by atoms with E-state index in [9.17, 15) is 9.90 Å². The van der Waals surface area contributed by atoms with Crippen molar-refractivity contribution in [3.05, 3.63) is 28.8 Å². The zero-order valence-electron chi connectivity index (χ0n) is 10.5. The molecule has 1 amide bonds. The molecule has 5 nitrogen and oxygen atoms in total. The van der Waals surface area contributed by atoms with E-state index in [1.54, 1.807) is 18.2 Å². The number of halogens is 1. The summed E-state index contributed by atoms with van der Waals surface area (Å²) in [5.74, 6) is -0.336. The minimum Gasteiger partial charge on any atom is -0.398 e. The van der Waals surface area contributed by atoms with Crippen molar-refractivity contribution in [1.29, 1.82) is 0 Å². The molecule has 1 aromatic rings. The van der Waals surface area contributed by atoms with E-state index >= 15 is 0 Å². The van der Waals surface area contributed by atoms with E-state index in [2.05, 4.69) is 5.32 Å². The maximum atomic E-state index is 12.0. The molecule has 2 rings (SSSR count). The Bertz CT molecular complexity index is 473. The maximum Gasteiger partial charge on any atom is 0.252 e. The molecule has 0 unspecified atom stereocenters. The number of amides is 1. The number of nitrogens with two attached hydrogens (primary N) is 1. The predicted molar refractivity (Wildman–Crippen MR) is 73.2 cm³/mol. The number of nitrogens with one attached hydrogen (secondary N) is 1. The summed E-state index contributed by atoms with van der Waals surface area (Å²) in [6, 6.07) is 4.90. The van der Waals surface area contributed by atoms with Crippen LogP contribution in [0.4, 0.5) is 5.69 Å². The van der Waals surface area contributed by atoms with Crippen molar-refractivity contribution in [2.75, 3.05) is 25.5 Å². The third-order valence-corrected chi connectivity index (χ3v) is 3.70. The molecule has 1 heterocycles. The number of rotatable bonds is 3. The van der Waals surface area contributed by atoms with Crippen LogP contribution in [0.2, 0.25) is 5.02 Å². The molecule has 0 radical (unpaired) electrons. The van der Waals surface area contributed by atoms with Gasteiger partial charge in [0.2, 0.25) is 0 Å². The van der Waals surface area contributed by atoms with Gasteiger partial charge in [-0.3, -0.25) is 4.79 Å². The van der Waals surface area contributed by atoms with Gasteiger partial charge in [-0.2, -0.15) is 0 Å². The summed E-state index contributed by atoms with van der Waals surface area (Å²) in [4.78, 5) is 12.0. The van der Waals surface area contributed by atoms with Gasteiger partial charge in [-0.25, -0.2) is 0 Å². The van der Waals surface area contributed by atoms with Gasteiger partial charge in [-0.05, 0) is 12.1 Å². The molecule has 1 aromatic carbocycles. The van der Waals surface area contributed by atoms with Gasteiger partial charge in [0.25, 0.3) is 5.91 Å². The normalized spacial score (nSPS) is 18.0. The highest BCUT2D eigenvalue weighted by molar-refractivity contribution is 6.36. The van der Waals surface area contributed by atoms with Gasteiger partial charge in [-0.15, -0.1) is 0 Å². The zero-order valence-corrected chi connectivity index (χ0v) is 11.2. The second-order valence-electron chi connectivity index (χ2n) is 4.73. The first-order valence-corrected chi connectivity index (χ1v) is 6.52. The Morgan fingerprint density at radius 2 is 2.16 bits per heavy atom. The number of benzene rings is 1. The molecule has 0 atom stereocenters. The van der Waals surface area contributed by atoms with Crippen LogP contribution in [0.3, 0.4) is 0 Å². The van der Waals surface area contributed by atoms with Crippen molar-refractivity contribution >= 4 is 23.2 Å². The molecule has 4 N–H and O–H groups in total. The van der Waals surface area contributed by atoms with Crippen LogP contribution in [0.25, 0.3) is 0 Å². The molecule has 19 heavy (non-hydrogen) atoms. The first kappa shape index (κ1) is 14.1. The lowest BCUT2D eigenvalue weighted by molar-refractivity contribution is -0.0605. The van der Waals surface area contributed by atoms with Crippen molar-refractivity contribution < 1.29 is 14.6 Å². The van der Waals surface area contributed by atoms with E-state index in [0.717, 1.165) is 0 Å². The van der Waals surface area contributed by atoms with E-state index < -0.39 is 5.60 Å². The molecule has 6 heteroatoms. The molecule has 1 saturated heterocycles. The van der Waals surface area contributed by atoms with Crippen molar-refractivity contribution in [1.82, 2.24) is 5.32 Å². The fourth-order valence-electron chi connectivity index (χ4n) is 1.99. The lowest BCUT2D eigenvalue weighted by Gasteiger charge is -2.32. The molecule has 0 bridgehead atoms. The number of aliphatic hydroxyl groups is 1. The second kappa shape index (κ2) is 5.77. The second-order valence-corrected chi connectivity index (χ2v) is 5.11. The fraction of sp³-hybridized carbons (Fsp3) is 0.462. The molecule has 0 aromatic heterocycles. The summed E-state index contributed by atoms with van der Waals surface area (Å²) < 4.78 is 5.18. The first-order valence-electron chi connectivity index (χ1n) is 6.14. The van der Waals surface area contributed by atoms with Crippen molar-refractivity contribution in [3.8, 4) is 0 Å². The minimum atomic E-state index is -0.902. The topological polar surface area (TPSA) is 84.6 Å². The summed E-state index contributed by atoms with van der Waals surface area (Å²) in [5, 5.41) is 13.2. The van der Waals surface area contributed by atoms with Crippen LogP contribution >= 0.6 is 11.6 Å². The smallest absolute Gasteiger partial charge is 0.252 e. The SMILES string of the molecule is Nc1cccc(C(=O)NCC2(O)CCOCC2)c1Cl. The lowest BCUT2D eigenvalue weighted by atomic mass is 9.94. The van der Waals surface area contributed by atoms with Crippen molar-refractivity contribution in [2.45, 2.75) is 18.4 Å². The Morgan fingerprint density at radius 3 is 2.84 bits per heavy atom. The first-order chi connectivity index (χ1) is 9.02. The summed E-state index contributed by atoms with van der Waals surface area (Å²) in [5.41, 5.74) is 5.42. The summed E-state index contributed by atoms with van der Waals surface area (Å²) in [6.07, 6.45) is 1.02. The molecule has 1 fully saturated rings. The quantitative estimate of drug-likeness (QED) is 0.728.